The number of hydrogen-bond acceptors (Lipinski definition) is 4. The predicted molar refractivity (Wildman–Crippen MR) is 120 cm³/mol. The summed E-state index contributed by atoms with van der Waals surface area (Å²) in [6, 6.07) is 0.227. The van der Waals surface area contributed by atoms with Gasteiger partial charge >= 0.3 is 0 Å². The van der Waals surface area contributed by atoms with Crippen LogP contribution in [0.15, 0.2) is 17.2 Å². The highest BCUT2D eigenvalue weighted by molar-refractivity contribution is 5.99. The third-order valence-electron chi connectivity index (χ3n) is 5.79. The molecule has 1 saturated carbocycles. The lowest BCUT2D eigenvalue weighted by Crippen LogP contribution is -2.42. The largest absolute Gasteiger partial charge is 0.351 e. The average Bonchev–Trinajstić information content (AvgIpc) is 3.21. The summed E-state index contributed by atoms with van der Waals surface area (Å²) in [5.41, 5.74) is -0.478. The maximum atomic E-state index is 13.1. The maximum Gasteiger partial charge on any atom is 0.259 e. The van der Waals surface area contributed by atoms with Gasteiger partial charge in [-0.25, -0.2) is 0 Å². The van der Waals surface area contributed by atoms with E-state index in [0.717, 1.165) is 32.2 Å². The molecule has 2 amide bonds. The lowest BCUT2D eigenvalue weighted by atomic mass is 9.93. The SMILES string of the molecule is CCN(CC)C(=O)c1cn(C2CCCC2)cc(C(=O)NCC(C)(C)CN(C)C)c1=O. The number of amides is 2. The molecule has 0 saturated heterocycles. The number of carbonyl (C=O) groups excluding carboxylic acids is 2. The fourth-order valence-corrected chi connectivity index (χ4v) is 4.33. The van der Waals surface area contributed by atoms with Crippen molar-refractivity contribution in [3.05, 3.63) is 33.7 Å². The highest BCUT2D eigenvalue weighted by Crippen LogP contribution is 2.29. The summed E-state index contributed by atoms with van der Waals surface area (Å²) in [5, 5.41) is 2.92. The van der Waals surface area contributed by atoms with Crippen LogP contribution in [0.4, 0.5) is 0 Å². The molecule has 0 aromatic carbocycles. The molecular weight excluding hydrogens is 380 g/mol. The minimum Gasteiger partial charge on any atom is -0.351 e. The normalized spacial score (nSPS) is 14.9. The molecule has 30 heavy (non-hydrogen) atoms. The van der Waals surface area contributed by atoms with Crippen LogP contribution in [-0.2, 0) is 0 Å². The molecule has 0 atom stereocenters. The first kappa shape index (κ1) is 24.1. The van der Waals surface area contributed by atoms with Gasteiger partial charge in [0.15, 0.2) is 0 Å². The van der Waals surface area contributed by atoms with E-state index in [2.05, 4.69) is 24.1 Å². The topological polar surface area (TPSA) is 74.7 Å². The standard InChI is InChI=1S/C23H38N4O3/c1-7-26(8-2)22(30)19-14-27(17-11-9-10-12-17)13-18(20(19)28)21(29)24-15-23(3,4)16-25(5)6/h13-14,17H,7-12,15-16H2,1-6H3,(H,24,29). The van der Waals surface area contributed by atoms with E-state index >= 15 is 0 Å². The van der Waals surface area contributed by atoms with Crippen LogP contribution in [0, 0.1) is 5.41 Å². The minimum atomic E-state index is -0.482. The summed E-state index contributed by atoms with van der Waals surface area (Å²) >= 11 is 0. The molecule has 0 aliphatic heterocycles. The Morgan fingerprint density at radius 1 is 1.10 bits per heavy atom. The van der Waals surface area contributed by atoms with Crippen LogP contribution >= 0.6 is 0 Å². The molecule has 0 radical (unpaired) electrons. The Bertz CT molecular complexity index is 803. The lowest BCUT2D eigenvalue weighted by molar-refractivity contribution is 0.0770. The van der Waals surface area contributed by atoms with Crippen molar-refractivity contribution in [3.8, 4) is 0 Å². The molecule has 1 N–H and O–H groups in total. The van der Waals surface area contributed by atoms with Gasteiger partial charge in [-0.05, 0) is 46.2 Å². The fraction of sp³-hybridized carbons (Fsp3) is 0.696. The third kappa shape index (κ3) is 5.94. The summed E-state index contributed by atoms with van der Waals surface area (Å²) in [5.74, 6) is -0.716. The molecule has 1 fully saturated rings. The van der Waals surface area contributed by atoms with Gasteiger partial charge in [0.2, 0.25) is 5.43 Å². The van der Waals surface area contributed by atoms with E-state index in [4.69, 9.17) is 0 Å². The number of rotatable bonds is 9. The van der Waals surface area contributed by atoms with Gasteiger partial charge in [-0.3, -0.25) is 14.4 Å². The molecule has 7 heteroatoms. The number of hydrogen-bond donors (Lipinski definition) is 1. The Morgan fingerprint density at radius 2 is 1.67 bits per heavy atom. The van der Waals surface area contributed by atoms with E-state index in [1.165, 1.54) is 0 Å². The zero-order valence-corrected chi connectivity index (χ0v) is 19.5. The molecule has 1 aromatic heterocycles. The Labute approximate surface area is 180 Å². The number of nitrogens with zero attached hydrogens (tertiary/aromatic N) is 3. The fourth-order valence-electron chi connectivity index (χ4n) is 4.33. The molecular formula is C23H38N4O3. The van der Waals surface area contributed by atoms with Crippen LogP contribution in [0.25, 0.3) is 0 Å². The van der Waals surface area contributed by atoms with Gasteiger partial charge in [0.25, 0.3) is 11.8 Å². The summed E-state index contributed by atoms with van der Waals surface area (Å²) in [4.78, 5) is 42.8. The van der Waals surface area contributed by atoms with E-state index in [9.17, 15) is 14.4 Å². The van der Waals surface area contributed by atoms with Crippen molar-refractivity contribution in [2.45, 2.75) is 59.4 Å². The van der Waals surface area contributed by atoms with Crippen molar-refractivity contribution < 1.29 is 9.59 Å². The predicted octanol–water partition coefficient (Wildman–Crippen LogP) is 2.76. The van der Waals surface area contributed by atoms with Gasteiger partial charge < -0.3 is 19.7 Å². The lowest BCUT2D eigenvalue weighted by Gasteiger charge is -2.28. The van der Waals surface area contributed by atoms with E-state index in [1.807, 2.05) is 32.5 Å². The average molecular weight is 419 g/mol. The Hall–Kier alpha value is -2.15. The van der Waals surface area contributed by atoms with E-state index in [1.54, 1.807) is 17.3 Å². The van der Waals surface area contributed by atoms with Gasteiger partial charge in [-0.1, -0.05) is 26.7 Å². The highest BCUT2D eigenvalue weighted by Gasteiger charge is 2.26. The van der Waals surface area contributed by atoms with Crippen molar-refractivity contribution in [1.29, 1.82) is 0 Å². The molecule has 0 bridgehead atoms. The van der Waals surface area contributed by atoms with Gasteiger partial charge in [0, 0.05) is 44.6 Å². The van der Waals surface area contributed by atoms with Crippen LogP contribution in [0.3, 0.4) is 0 Å². The highest BCUT2D eigenvalue weighted by atomic mass is 16.2. The van der Waals surface area contributed by atoms with Crippen LogP contribution in [0.5, 0.6) is 0 Å². The van der Waals surface area contributed by atoms with Crippen LogP contribution in [0.2, 0.25) is 0 Å². The van der Waals surface area contributed by atoms with Crippen LogP contribution in [0.1, 0.15) is 80.1 Å². The summed E-state index contributed by atoms with van der Waals surface area (Å²) in [6.07, 6.45) is 7.54. The van der Waals surface area contributed by atoms with Crippen molar-refractivity contribution in [3.63, 3.8) is 0 Å². The summed E-state index contributed by atoms with van der Waals surface area (Å²) in [6.45, 7) is 10.2. The molecule has 0 spiro atoms. The molecule has 168 valence electrons. The second-order valence-electron chi connectivity index (χ2n) is 9.36. The van der Waals surface area contributed by atoms with E-state index in [-0.39, 0.29) is 28.5 Å². The van der Waals surface area contributed by atoms with Gasteiger partial charge in [0.1, 0.15) is 11.1 Å². The zero-order valence-electron chi connectivity index (χ0n) is 19.5. The Kier molecular flexibility index (Phi) is 8.24. The Balaban J connectivity index is 2.38. The second kappa shape index (κ2) is 10.2. The van der Waals surface area contributed by atoms with Crippen molar-refractivity contribution >= 4 is 11.8 Å². The van der Waals surface area contributed by atoms with Crippen molar-refractivity contribution in [1.82, 2.24) is 19.7 Å². The van der Waals surface area contributed by atoms with Crippen LogP contribution in [-0.4, -0.2) is 66.5 Å². The van der Waals surface area contributed by atoms with E-state index < -0.39 is 11.3 Å². The number of nitrogens with one attached hydrogen (secondary N) is 1. The van der Waals surface area contributed by atoms with Crippen molar-refractivity contribution in [2.75, 3.05) is 40.3 Å². The monoisotopic (exact) mass is 418 g/mol. The molecule has 1 heterocycles. The first-order valence-corrected chi connectivity index (χ1v) is 11.1. The quantitative estimate of drug-likeness (QED) is 0.669. The summed E-state index contributed by atoms with van der Waals surface area (Å²) < 4.78 is 1.92. The molecule has 2 rings (SSSR count). The first-order valence-electron chi connectivity index (χ1n) is 11.1. The van der Waals surface area contributed by atoms with E-state index in [0.29, 0.717) is 19.6 Å². The smallest absolute Gasteiger partial charge is 0.259 e. The Morgan fingerprint density at radius 3 is 2.20 bits per heavy atom. The van der Waals surface area contributed by atoms with Gasteiger partial charge in [-0.15, -0.1) is 0 Å². The molecule has 0 unspecified atom stereocenters. The van der Waals surface area contributed by atoms with Crippen LogP contribution < -0.4 is 10.7 Å². The van der Waals surface area contributed by atoms with Crippen molar-refractivity contribution in [2.24, 2.45) is 5.41 Å². The first-order chi connectivity index (χ1) is 14.1. The molecule has 1 aromatic rings. The minimum absolute atomic E-state index is 0.0561. The van der Waals surface area contributed by atoms with Gasteiger partial charge in [-0.2, -0.15) is 0 Å². The summed E-state index contributed by atoms with van der Waals surface area (Å²) in [7, 11) is 3.98. The molecule has 7 nitrogen and oxygen atoms in total. The second-order valence-corrected chi connectivity index (χ2v) is 9.36. The number of aromatic nitrogens is 1. The molecule has 1 aliphatic carbocycles. The molecule has 1 aliphatic rings. The number of carbonyl (C=O) groups is 2. The maximum absolute atomic E-state index is 13.1. The number of pyridine rings is 1. The zero-order chi connectivity index (χ0) is 22.5. The van der Waals surface area contributed by atoms with Gasteiger partial charge in [0.05, 0.1) is 0 Å². The third-order valence-corrected chi connectivity index (χ3v) is 5.79.